The second kappa shape index (κ2) is 5.26. The molecule has 2 fully saturated rings. The Bertz CT molecular complexity index is 633. The molecule has 1 saturated heterocycles. The van der Waals surface area contributed by atoms with Crippen LogP contribution in [0.25, 0.3) is 11.5 Å². The molecule has 110 valence electrons. The van der Waals surface area contributed by atoms with Gasteiger partial charge in [0.05, 0.1) is 0 Å². The highest BCUT2D eigenvalue weighted by atomic mass is 32.1. The topological polar surface area (TPSA) is 59.2 Å². The lowest BCUT2D eigenvalue weighted by atomic mass is 9.84. The van der Waals surface area contributed by atoms with Gasteiger partial charge in [0, 0.05) is 23.4 Å². The van der Waals surface area contributed by atoms with E-state index in [1.807, 2.05) is 21.7 Å². The molecule has 1 atom stereocenters. The lowest BCUT2D eigenvalue weighted by Gasteiger charge is -2.31. The molecule has 1 amide bonds. The molecule has 3 heterocycles. The third kappa shape index (κ3) is 2.27. The monoisotopic (exact) mass is 303 g/mol. The number of nitrogens with zero attached hydrogens (tertiary/aromatic N) is 3. The van der Waals surface area contributed by atoms with Crippen molar-refractivity contribution in [2.75, 3.05) is 6.54 Å². The molecule has 2 aliphatic rings. The quantitative estimate of drug-likeness (QED) is 0.873. The Labute approximate surface area is 127 Å². The molecule has 0 spiro atoms. The van der Waals surface area contributed by atoms with Crippen LogP contribution in [0.2, 0.25) is 0 Å². The summed E-state index contributed by atoms with van der Waals surface area (Å²) in [6, 6.07) is 1.94. The first-order valence-electron chi connectivity index (χ1n) is 7.49. The van der Waals surface area contributed by atoms with Crippen LogP contribution in [0, 0.1) is 5.92 Å². The van der Waals surface area contributed by atoms with Gasteiger partial charge >= 0.3 is 0 Å². The largest absolute Gasteiger partial charge is 0.418 e. The smallest absolute Gasteiger partial charge is 0.248 e. The second-order valence-electron chi connectivity index (χ2n) is 5.77. The fourth-order valence-electron chi connectivity index (χ4n) is 3.05. The fraction of sp³-hybridized carbons (Fsp3) is 0.533. The van der Waals surface area contributed by atoms with Crippen molar-refractivity contribution in [1.82, 2.24) is 15.1 Å². The molecule has 6 heteroatoms. The van der Waals surface area contributed by atoms with Crippen molar-refractivity contribution >= 4 is 17.2 Å². The van der Waals surface area contributed by atoms with Crippen LogP contribution >= 0.6 is 11.3 Å². The Kier molecular flexibility index (Phi) is 3.25. The minimum Gasteiger partial charge on any atom is -0.418 e. The van der Waals surface area contributed by atoms with E-state index >= 15 is 0 Å². The molecule has 2 aromatic heterocycles. The van der Waals surface area contributed by atoms with Crippen molar-refractivity contribution in [2.24, 2.45) is 5.92 Å². The molecule has 0 aromatic carbocycles. The van der Waals surface area contributed by atoms with Gasteiger partial charge in [0.2, 0.25) is 17.7 Å². The molecule has 4 rings (SSSR count). The number of likely N-dealkylation sites (tertiary alicyclic amines) is 1. The first-order chi connectivity index (χ1) is 10.3. The summed E-state index contributed by atoms with van der Waals surface area (Å²) in [6.07, 6.45) is 5.18. The van der Waals surface area contributed by atoms with Crippen LogP contribution in [0.3, 0.4) is 0 Å². The molecule has 1 aliphatic heterocycles. The van der Waals surface area contributed by atoms with E-state index in [2.05, 4.69) is 10.2 Å². The van der Waals surface area contributed by atoms with Crippen molar-refractivity contribution in [3.05, 3.63) is 22.7 Å². The maximum absolute atomic E-state index is 12.5. The highest BCUT2D eigenvalue weighted by molar-refractivity contribution is 7.08. The predicted molar refractivity (Wildman–Crippen MR) is 78.6 cm³/mol. The maximum Gasteiger partial charge on any atom is 0.248 e. The van der Waals surface area contributed by atoms with Gasteiger partial charge in [0.25, 0.3) is 0 Å². The number of carbonyl (C=O) groups excluding carboxylic acids is 1. The van der Waals surface area contributed by atoms with E-state index < -0.39 is 0 Å². The Morgan fingerprint density at radius 3 is 2.90 bits per heavy atom. The van der Waals surface area contributed by atoms with Crippen LogP contribution in [0.15, 0.2) is 21.2 Å². The van der Waals surface area contributed by atoms with E-state index in [0.717, 1.165) is 37.8 Å². The minimum absolute atomic E-state index is 0.0296. The Balaban J connectivity index is 1.56. The molecule has 2 aromatic rings. The summed E-state index contributed by atoms with van der Waals surface area (Å²) >= 11 is 1.60. The molecular weight excluding hydrogens is 286 g/mol. The Hall–Kier alpha value is -1.69. The van der Waals surface area contributed by atoms with E-state index in [4.69, 9.17) is 4.42 Å². The van der Waals surface area contributed by atoms with Gasteiger partial charge in [-0.05, 0) is 37.1 Å². The number of hydrogen-bond donors (Lipinski definition) is 0. The lowest BCUT2D eigenvalue weighted by Crippen LogP contribution is -2.38. The maximum atomic E-state index is 12.5. The average Bonchev–Trinajstić information content (AvgIpc) is 3.17. The zero-order chi connectivity index (χ0) is 14.2. The molecule has 21 heavy (non-hydrogen) atoms. The molecule has 0 unspecified atom stereocenters. The summed E-state index contributed by atoms with van der Waals surface area (Å²) in [4.78, 5) is 14.4. The molecule has 0 bridgehead atoms. The van der Waals surface area contributed by atoms with Crippen LogP contribution < -0.4 is 0 Å². The van der Waals surface area contributed by atoms with Gasteiger partial charge in [-0.15, -0.1) is 10.2 Å². The predicted octanol–water partition coefficient (Wildman–Crippen LogP) is 3.26. The number of carbonyl (C=O) groups is 1. The third-order valence-electron chi connectivity index (χ3n) is 4.48. The van der Waals surface area contributed by atoms with E-state index in [1.54, 1.807) is 11.3 Å². The molecule has 1 saturated carbocycles. The number of rotatable bonds is 3. The average molecular weight is 303 g/mol. The van der Waals surface area contributed by atoms with Gasteiger partial charge in [-0.3, -0.25) is 4.79 Å². The standard InChI is InChI=1S/C15H17N3O2S/c19-15(10-3-1-4-10)18-7-2-5-12(18)14-17-16-13(20-14)11-6-8-21-9-11/h6,8-10,12H,1-5,7H2/t12-/m1/s1. The number of aromatic nitrogens is 2. The summed E-state index contributed by atoms with van der Waals surface area (Å²) in [5.74, 6) is 1.64. The normalized spacial score (nSPS) is 22.5. The van der Waals surface area contributed by atoms with Gasteiger partial charge < -0.3 is 9.32 Å². The van der Waals surface area contributed by atoms with Crippen molar-refractivity contribution in [3.8, 4) is 11.5 Å². The first kappa shape index (κ1) is 13.0. The zero-order valence-corrected chi connectivity index (χ0v) is 12.5. The highest BCUT2D eigenvalue weighted by Crippen LogP contribution is 2.37. The lowest BCUT2D eigenvalue weighted by molar-refractivity contribution is -0.139. The van der Waals surface area contributed by atoms with E-state index in [-0.39, 0.29) is 17.9 Å². The van der Waals surface area contributed by atoms with Crippen molar-refractivity contribution in [2.45, 2.75) is 38.1 Å². The van der Waals surface area contributed by atoms with Gasteiger partial charge in [-0.1, -0.05) is 6.42 Å². The Morgan fingerprint density at radius 1 is 1.29 bits per heavy atom. The van der Waals surface area contributed by atoms with E-state index in [0.29, 0.717) is 11.8 Å². The third-order valence-corrected chi connectivity index (χ3v) is 5.17. The van der Waals surface area contributed by atoms with E-state index in [1.165, 1.54) is 6.42 Å². The van der Waals surface area contributed by atoms with Gasteiger partial charge in [0.15, 0.2) is 0 Å². The zero-order valence-electron chi connectivity index (χ0n) is 11.7. The fourth-order valence-corrected chi connectivity index (χ4v) is 3.68. The van der Waals surface area contributed by atoms with Crippen LogP contribution in [-0.2, 0) is 4.79 Å². The minimum atomic E-state index is -0.0296. The number of amides is 1. The summed E-state index contributed by atoms with van der Waals surface area (Å²) in [7, 11) is 0. The summed E-state index contributed by atoms with van der Waals surface area (Å²) in [5, 5.41) is 12.3. The van der Waals surface area contributed by atoms with Crippen LogP contribution in [0.4, 0.5) is 0 Å². The van der Waals surface area contributed by atoms with Crippen LogP contribution in [-0.4, -0.2) is 27.5 Å². The summed E-state index contributed by atoms with van der Waals surface area (Å²) < 4.78 is 5.81. The van der Waals surface area contributed by atoms with Crippen molar-refractivity contribution in [1.29, 1.82) is 0 Å². The van der Waals surface area contributed by atoms with Gasteiger partial charge in [0.1, 0.15) is 6.04 Å². The van der Waals surface area contributed by atoms with Crippen molar-refractivity contribution in [3.63, 3.8) is 0 Å². The van der Waals surface area contributed by atoms with Gasteiger partial charge in [-0.25, -0.2) is 0 Å². The highest BCUT2D eigenvalue weighted by Gasteiger charge is 2.38. The van der Waals surface area contributed by atoms with Crippen LogP contribution in [0.1, 0.15) is 44.0 Å². The molecule has 0 N–H and O–H groups in total. The number of hydrogen-bond acceptors (Lipinski definition) is 5. The Morgan fingerprint density at radius 2 is 2.19 bits per heavy atom. The summed E-state index contributed by atoms with van der Waals surface area (Å²) in [6.45, 7) is 0.816. The van der Waals surface area contributed by atoms with Gasteiger partial charge in [-0.2, -0.15) is 11.3 Å². The molecule has 0 radical (unpaired) electrons. The summed E-state index contributed by atoms with van der Waals surface area (Å²) in [5.41, 5.74) is 0.952. The van der Waals surface area contributed by atoms with Crippen LogP contribution in [0.5, 0.6) is 0 Å². The molecular formula is C15H17N3O2S. The van der Waals surface area contributed by atoms with E-state index in [9.17, 15) is 4.79 Å². The first-order valence-corrected chi connectivity index (χ1v) is 8.43. The SMILES string of the molecule is O=C(C1CCC1)N1CCC[C@@H]1c1nnc(-c2ccsc2)o1. The molecule has 5 nitrogen and oxygen atoms in total. The number of thiophene rings is 1. The molecule has 1 aliphatic carbocycles. The second-order valence-corrected chi connectivity index (χ2v) is 6.55. The van der Waals surface area contributed by atoms with Crippen molar-refractivity contribution < 1.29 is 9.21 Å².